The minimum Gasteiger partial charge on any atom is -0.381 e. The van der Waals surface area contributed by atoms with Gasteiger partial charge in [-0.2, -0.15) is 0 Å². The molecule has 0 aromatic heterocycles. The molecule has 1 N–H and O–H groups in total. The topological polar surface area (TPSA) is 30.5 Å². The second-order valence-corrected chi connectivity index (χ2v) is 5.07. The highest BCUT2D eigenvalue weighted by Gasteiger charge is 2.14. The van der Waals surface area contributed by atoms with Crippen LogP contribution in [0.15, 0.2) is 24.3 Å². The summed E-state index contributed by atoms with van der Waals surface area (Å²) in [5, 5.41) is 3.45. The summed E-state index contributed by atoms with van der Waals surface area (Å²) in [6.45, 7) is 6.58. The molecular formula is C16H25NO2. The summed E-state index contributed by atoms with van der Waals surface area (Å²) in [6, 6.07) is 8.54. The molecule has 0 radical (unpaired) electrons. The van der Waals surface area contributed by atoms with Gasteiger partial charge in [0, 0.05) is 19.8 Å². The van der Waals surface area contributed by atoms with Crippen LogP contribution in [0.4, 0.5) is 0 Å². The number of nitrogens with one attached hydrogen (secondary N) is 1. The number of rotatable bonds is 7. The van der Waals surface area contributed by atoms with E-state index in [1.54, 1.807) is 0 Å². The van der Waals surface area contributed by atoms with Crippen LogP contribution in [0, 0.1) is 0 Å². The van der Waals surface area contributed by atoms with E-state index >= 15 is 0 Å². The molecule has 0 bridgehead atoms. The second-order valence-electron chi connectivity index (χ2n) is 5.07. The van der Waals surface area contributed by atoms with Gasteiger partial charge >= 0.3 is 0 Å². The van der Waals surface area contributed by atoms with Crippen LogP contribution in [0.25, 0.3) is 0 Å². The maximum Gasteiger partial charge on any atom is 0.0723 e. The average molecular weight is 263 g/mol. The fraction of sp³-hybridized carbons (Fsp3) is 0.625. The van der Waals surface area contributed by atoms with Crippen molar-refractivity contribution in [3.8, 4) is 0 Å². The van der Waals surface area contributed by atoms with Gasteiger partial charge in [-0.1, -0.05) is 31.2 Å². The molecule has 2 rings (SSSR count). The Balaban J connectivity index is 1.84. The van der Waals surface area contributed by atoms with E-state index in [0.29, 0.717) is 12.7 Å². The Bertz CT molecular complexity index is 362. The lowest BCUT2D eigenvalue weighted by atomic mass is 10.1. The van der Waals surface area contributed by atoms with Gasteiger partial charge in [0.25, 0.3) is 0 Å². The van der Waals surface area contributed by atoms with Crippen molar-refractivity contribution in [3.63, 3.8) is 0 Å². The number of hydrogen-bond donors (Lipinski definition) is 1. The number of ether oxygens (including phenoxy) is 2. The van der Waals surface area contributed by atoms with Gasteiger partial charge in [0.1, 0.15) is 0 Å². The van der Waals surface area contributed by atoms with Gasteiger partial charge in [-0.15, -0.1) is 0 Å². The summed E-state index contributed by atoms with van der Waals surface area (Å²) >= 11 is 0. The standard InChI is InChI=1S/C16H25NO2/c1-2-9-17-12-14-5-3-4-6-15(14)13-19-16-7-10-18-11-8-16/h3-6,16-17H,2,7-13H2,1H3. The van der Waals surface area contributed by atoms with E-state index in [0.717, 1.165) is 39.1 Å². The van der Waals surface area contributed by atoms with Crippen molar-refractivity contribution in [2.75, 3.05) is 19.8 Å². The van der Waals surface area contributed by atoms with E-state index in [-0.39, 0.29) is 0 Å². The van der Waals surface area contributed by atoms with Crippen LogP contribution in [0.1, 0.15) is 37.3 Å². The zero-order valence-electron chi connectivity index (χ0n) is 11.9. The number of hydrogen-bond acceptors (Lipinski definition) is 3. The summed E-state index contributed by atoms with van der Waals surface area (Å²) in [6.07, 6.45) is 3.58. The van der Waals surface area contributed by atoms with E-state index in [9.17, 15) is 0 Å². The predicted molar refractivity (Wildman–Crippen MR) is 77.1 cm³/mol. The second kappa shape index (κ2) is 8.31. The molecule has 1 aliphatic rings. The Kier molecular flexibility index (Phi) is 6.34. The maximum absolute atomic E-state index is 6.01. The highest BCUT2D eigenvalue weighted by Crippen LogP contribution is 2.15. The van der Waals surface area contributed by atoms with Crippen molar-refractivity contribution in [2.24, 2.45) is 0 Å². The molecule has 1 aromatic carbocycles. The lowest BCUT2D eigenvalue weighted by molar-refractivity contribution is -0.0392. The van der Waals surface area contributed by atoms with Crippen LogP contribution in [-0.2, 0) is 22.6 Å². The van der Waals surface area contributed by atoms with Crippen LogP contribution in [0.3, 0.4) is 0 Å². The smallest absolute Gasteiger partial charge is 0.0723 e. The van der Waals surface area contributed by atoms with Gasteiger partial charge in [-0.25, -0.2) is 0 Å². The molecule has 3 heteroatoms. The summed E-state index contributed by atoms with van der Waals surface area (Å²) in [7, 11) is 0. The Hall–Kier alpha value is -0.900. The lowest BCUT2D eigenvalue weighted by Crippen LogP contribution is -2.23. The Labute approximate surface area is 116 Å². The van der Waals surface area contributed by atoms with Crippen LogP contribution in [-0.4, -0.2) is 25.9 Å². The molecule has 0 saturated carbocycles. The fourth-order valence-corrected chi connectivity index (χ4v) is 2.32. The van der Waals surface area contributed by atoms with E-state index in [4.69, 9.17) is 9.47 Å². The minimum absolute atomic E-state index is 0.366. The monoisotopic (exact) mass is 263 g/mol. The van der Waals surface area contributed by atoms with E-state index in [1.165, 1.54) is 17.5 Å². The SMILES string of the molecule is CCCNCc1ccccc1COC1CCOCC1. The summed E-state index contributed by atoms with van der Waals surface area (Å²) in [5.74, 6) is 0. The Morgan fingerprint density at radius 1 is 1.21 bits per heavy atom. The zero-order chi connectivity index (χ0) is 13.3. The van der Waals surface area contributed by atoms with E-state index in [2.05, 4.69) is 36.5 Å². The Morgan fingerprint density at radius 2 is 1.95 bits per heavy atom. The predicted octanol–water partition coefficient (Wildman–Crippen LogP) is 2.88. The van der Waals surface area contributed by atoms with Gasteiger partial charge in [-0.3, -0.25) is 0 Å². The average Bonchev–Trinajstić information content (AvgIpc) is 2.48. The third kappa shape index (κ3) is 4.94. The third-order valence-corrected chi connectivity index (χ3v) is 3.50. The summed E-state index contributed by atoms with van der Waals surface area (Å²) < 4.78 is 11.4. The van der Waals surface area contributed by atoms with Crippen molar-refractivity contribution >= 4 is 0 Å². The van der Waals surface area contributed by atoms with Crippen molar-refractivity contribution in [2.45, 2.75) is 45.4 Å². The molecule has 1 aliphatic heterocycles. The van der Waals surface area contributed by atoms with Crippen molar-refractivity contribution in [3.05, 3.63) is 35.4 Å². The van der Waals surface area contributed by atoms with Gasteiger partial charge in [0.05, 0.1) is 12.7 Å². The molecule has 0 amide bonds. The number of benzene rings is 1. The molecule has 1 aromatic rings. The highest BCUT2D eigenvalue weighted by molar-refractivity contribution is 5.26. The molecular weight excluding hydrogens is 238 g/mol. The maximum atomic E-state index is 6.01. The molecule has 0 spiro atoms. The van der Waals surface area contributed by atoms with Crippen LogP contribution in [0.2, 0.25) is 0 Å². The lowest BCUT2D eigenvalue weighted by Gasteiger charge is -2.23. The molecule has 106 valence electrons. The van der Waals surface area contributed by atoms with Gasteiger partial charge in [-0.05, 0) is 36.9 Å². The first kappa shape index (κ1) is 14.5. The largest absolute Gasteiger partial charge is 0.381 e. The zero-order valence-corrected chi connectivity index (χ0v) is 11.9. The van der Waals surface area contributed by atoms with E-state index in [1.807, 2.05) is 0 Å². The first-order valence-corrected chi connectivity index (χ1v) is 7.37. The van der Waals surface area contributed by atoms with Crippen molar-refractivity contribution in [1.29, 1.82) is 0 Å². The molecule has 1 fully saturated rings. The van der Waals surface area contributed by atoms with Crippen molar-refractivity contribution in [1.82, 2.24) is 5.32 Å². The quantitative estimate of drug-likeness (QED) is 0.767. The first-order valence-electron chi connectivity index (χ1n) is 7.37. The third-order valence-electron chi connectivity index (χ3n) is 3.50. The van der Waals surface area contributed by atoms with Gasteiger partial charge in [0.2, 0.25) is 0 Å². The molecule has 1 heterocycles. The highest BCUT2D eigenvalue weighted by atomic mass is 16.5. The van der Waals surface area contributed by atoms with E-state index < -0.39 is 0 Å². The molecule has 3 nitrogen and oxygen atoms in total. The first-order chi connectivity index (χ1) is 9.40. The molecule has 0 atom stereocenters. The minimum atomic E-state index is 0.366. The van der Waals surface area contributed by atoms with Crippen LogP contribution >= 0.6 is 0 Å². The fourth-order valence-electron chi connectivity index (χ4n) is 2.32. The summed E-state index contributed by atoms with van der Waals surface area (Å²) in [4.78, 5) is 0. The molecule has 0 unspecified atom stereocenters. The van der Waals surface area contributed by atoms with Gasteiger partial charge < -0.3 is 14.8 Å². The van der Waals surface area contributed by atoms with Gasteiger partial charge in [0.15, 0.2) is 0 Å². The molecule has 1 saturated heterocycles. The Morgan fingerprint density at radius 3 is 2.68 bits per heavy atom. The normalized spacial score (nSPS) is 16.7. The van der Waals surface area contributed by atoms with Crippen molar-refractivity contribution < 1.29 is 9.47 Å². The van der Waals surface area contributed by atoms with Crippen LogP contribution < -0.4 is 5.32 Å². The molecule has 19 heavy (non-hydrogen) atoms. The molecule has 0 aliphatic carbocycles. The summed E-state index contributed by atoms with van der Waals surface area (Å²) in [5.41, 5.74) is 2.65. The van der Waals surface area contributed by atoms with Crippen LogP contribution in [0.5, 0.6) is 0 Å².